The van der Waals surface area contributed by atoms with Gasteiger partial charge in [0.15, 0.2) is 17.2 Å². The van der Waals surface area contributed by atoms with Gasteiger partial charge in [0.25, 0.3) is 0 Å². The van der Waals surface area contributed by atoms with Crippen LogP contribution in [0.15, 0.2) is 34.9 Å². The van der Waals surface area contributed by atoms with E-state index in [0.29, 0.717) is 11.5 Å². The molecule has 6 nitrogen and oxygen atoms in total. The highest BCUT2D eigenvalue weighted by Gasteiger charge is 2.15. The van der Waals surface area contributed by atoms with Crippen LogP contribution in [0.25, 0.3) is 0 Å². The van der Waals surface area contributed by atoms with Gasteiger partial charge in [-0.05, 0) is 12.1 Å². The van der Waals surface area contributed by atoms with Crippen LogP contribution in [0.3, 0.4) is 0 Å². The van der Waals surface area contributed by atoms with Crippen LogP contribution in [0.4, 0.5) is 5.88 Å². The lowest BCUT2D eigenvalue weighted by Crippen LogP contribution is -2.09. The number of carbonyl (C=O) groups is 1. The van der Waals surface area contributed by atoms with E-state index in [1.165, 1.54) is 13.2 Å². The minimum atomic E-state index is -0.657. The van der Waals surface area contributed by atoms with Crippen molar-refractivity contribution in [2.24, 2.45) is 0 Å². The van der Waals surface area contributed by atoms with Gasteiger partial charge in [0.05, 0.1) is 7.11 Å². The monoisotopic (exact) mass is 234 g/mol. The van der Waals surface area contributed by atoms with E-state index in [9.17, 15) is 4.79 Å². The minimum absolute atomic E-state index is 0.00778. The van der Waals surface area contributed by atoms with E-state index in [0.717, 1.165) is 0 Å². The summed E-state index contributed by atoms with van der Waals surface area (Å²) in [6, 6.07) is 8.07. The summed E-state index contributed by atoms with van der Waals surface area (Å²) in [4.78, 5) is 11.6. The topological polar surface area (TPSA) is 87.6 Å². The predicted octanol–water partition coefficient (Wildman–Crippen LogP) is 1.48. The summed E-state index contributed by atoms with van der Waals surface area (Å²) in [5.74, 6) is 0.158. The second-order valence-corrected chi connectivity index (χ2v) is 3.15. The third-order valence-electron chi connectivity index (χ3n) is 2.01. The Labute approximate surface area is 96.9 Å². The van der Waals surface area contributed by atoms with Crippen molar-refractivity contribution in [3.63, 3.8) is 0 Å². The number of nitrogens with zero attached hydrogens (tertiary/aromatic N) is 1. The van der Waals surface area contributed by atoms with E-state index in [-0.39, 0.29) is 11.6 Å². The standard InChI is InChI=1S/C11H10N2O4/c1-15-8-4-2-3-5-9(8)16-11(14)7-6-10(12)17-13-7/h2-6H,12H2,1H3. The molecule has 0 saturated heterocycles. The molecular weight excluding hydrogens is 224 g/mol. The average Bonchev–Trinajstić information content (AvgIpc) is 2.77. The summed E-state index contributed by atoms with van der Waals surface area (Å²) in [5.41, 5.74) is 5.31. The number of nitrogens with two attached hydrogens (primary N) is 1. The Morgan fingerprint density at radius 2 is 2.06 bits per heavy atom. The van der Waals surface area contributed by atoms with Gasteiger partial charge < -0.3 is 19.7 Å². The number of ether oxygens (including phenoxy) is 2. The first kappa shape index (κ1) is 11.0. The van der Waals surface area contributed by atoms with Crippen LogP contribution in [0, 0.1) is 0 Å². The van der Waals surface area contributed by atoms with Crippen molar-refractivity contribution in [2.45, 2.75) is 0 Å². The van der Waals surface area contributed by atoms with E-state index in [1.807, 2.05) is 0 Å². The fourth-order valence-electron chi connectivity index (χ4n) is 1.24. The average molecular weight is 234 g/mol. The van der Waals surface area contributed by atoms with Gasteiger partial charge in [-0.2, -0.15) is 0 Å². The number of carbonyl (C=O) groups excluding carboxylic acids is 1. The predicted molar refractivity (Wildman–Crippen MR) is 58.9 cm³/mol. The quantitative estimate of drug-likeness (QED) is 0.639. The molecule has 2 N–H and O–H groups in total. The number of hydrogen-bond donors (Lipinski definition) is 1. The van der Waals surface area contributed by atoms with Gasteiger partial charge in [-0.1, -0.05) is 17.3 Å². The van der Waals surface area contributed by atoms with Gasteiger partial charge >= 0.3 is 5.97 Å². The van der Waals surface area contributed by atoms with Gasteiger partial charge in [0.2, 0.25) is 5.88 Å². The molecule has 0 fully saturated rings. The third-order valence-corrected chi connectivity index (χ3v) is 2.01. The number of rotatable bonds is 3. The highest BCUT2D eigenvalue weighted by atomic mass is 16.6. The summed E-state index contributed by atoms with van der Waals surface area (Å²) < 4.78 is 14.7. The highest BCUT2D eigenvalue weighted by Crippen LogP contribution is 2.26. The van der Waals surface area contributed by atoms with Gasteiger partial charge in [0.1, 0.15) is 0 Å². The van der Waals surface area contributed by atoms with Crippen molar-refractivity contribution >= 4 is 11.9 Å². The molecular formula is C11H10N2O4. The SMILES string of the molecule is COc1ccccc1OC(=O)c1cc(N)on1. The van der Waals surface area contributed by atoms with Crippen LogP contribution < -0.4 is 15.2 Å². The molecule has 0 aliphatic heterocycles. The Kier molecular flexibility index (Phi) is 2.95. The lowest BCUT2D eigenvalue weighted by atomic mass is 10.3. The first-order valence-corrected chi connectivity index (χ1v) is 4.78. The molecule has 0 unspecified atom stereocenters. The van der Waals surface area contributed by atoms with E-state index in [4.69, 9.17) is 15.2 Å². The summed E-state index contributed by atoms with van der Waals surface area (Å²) in [5, 5.41) is 3.45. The number of para-hydroxylation sites is 2. The van der Waals surface area contributed by atoms with E-state index in [1.54, 1.807) is 24.3 Å². The molecule has 88 valence electrons. The first-order chi connectivity index (χ1) is 8.20. The van der Waals surface area contributed by atoms with Gasteiger partial charge in [-0.3, -0.25) is 0 Å². The molecule has 6 heteroatoms. The van der Waals surface area contributed by atoms with Crippen LogP contribution in [-0.2, 0) is 0 Å². The smallest absolute Gasteiger partial charge is 0.366 e. The van der Waals surface area contributed by atoms with E-state index < -0.39 is 5.97 Å². The van der Waals surface area contributed by atoms with E-state index in [2.05, 4.69) is 9.68 Å². The number of benzene rings is 1. The van der Waals surface area contributed by atoms with Crippen LogP contribution in [0.5, 0.6) is 11.5 Å². The Morgan fingerprint density at radius 3 is 2.65 bits per heavy atom. The van der Waals surface area contributed by atoms with Crippen LogP contribution in [0.2, 0.25) is 0 Å². The lowest BCUT2D eigenvalue weighted by molar-refractivity contribution is 0.0719. The van der Waals surface area contributed by atoms with Crippen molar-refractivity contribution in [1.82, 2.24) is 5.16 Å². The fourth-order valence-corrected chi connectivity index (χ4v) is 1.24. The summed E-state index contributed by atoms with van der Waals surface area (Å²) in [6.45, 7) is 0. The molecule has 0 radical (unpaired) electrons. The number of aromatic nitrogens is 1. The van der Waals surface area contributed by atoms with Crippen molar-refractivity contribution in [3.8, 4) is 11.5 Å². The maximum absolute atomic E-state index is 11.6. The number of methoxy groups -OCH3 is 1. The van der Waals surface area contributed by atoms with Gasteiger partial charge in [0, 0.05) is 6.07 Å². The van der Waals surface area contributed by atoms with Crippen LogP contribution in [0.1, 0.15) is 10.5 Å². The zero-order chi connectivity index (χ0) is 12.3. The normalized spacial score (nSPS) is 9.94. The molecule has 17 heavy (non-hydrogen) atoms. The molecule has 0 aliphatic carbocycles. The highest BCUT2D eigenvalue weighted by molar-refractivity contribution is 5.89. The maximum atomic E-state index is 11.6. The van der Waals surface area contributed by atoms with Gasteiger partial charge in [-0.15, -0.1) is 0 Å². The molecule has 2 rings (SSSR count). The summed E-state index contributed by atoms with van der Waals surface area (Å²) in [7, 11) is 1.49. The molecule has 0 spiro atoms. The number of esters is 1. The minimum Gasteiger partial charge on any atom is -0.493 e. The zero-order valence-electron chi connectivity index (χ0n) is 9.04. The van der Waals surface area contributed by atoms with Crippen LogP contribution >= 0.6 is 0 Å². The molecule has 0 atom stereocenters. The Bertz CT molecular complexity index is 536. The molecule has 1 aromatic heterocycles. The molecule has 1 aromatic carbocycles. The number of nitrogen functional groups attached to an aromatic ring is 1. The van der Waals surface area contributed by atoms with Gasteiger partial charge in [-0.25, -0.2) is 4.79 Å². The molecule has 0 saturated carbocycles. The molecule has 1 heterocycles. The molecule has 0 aliphatic rings. The Morgan fingerprint density at radius 1 is 1.35 bits per heavy atom. The molecule has 0 amide bonds. The summed E-state index contributed by atoms with van der Waals surface area (Å²) >= 11 is 0. The Hall–Kier alpha value is -2.50. The number of anilines is 1. The zero-order valence-corrected chi connectivity index (χ0v) is 9.04. The fraction of sp³-hybridized carbons (Fsp3) is 0.0909. The van der Waals surface area contributed by atoms with Crippen molar-refractivity contribution in [1.29, 1.82) is 0 Å². The maximum Gasteiger partial charge on any atom is 0.366 e. The first-order valence-electron chi connectivity index (χ1n) is 4.78. The Balaban J connectivity index is 2.18. The second-order valence-electron chi connectivity index (χ2n) is 3.15. The summed E-state index contributed by atoms with van der Waals surface area (Å²) in [6.07, 6.45) is 0. The number of hydrogen-bond acceptors (Lipinski definition) is 6. The second kappa shape index (κ2) is 4.56. The largest absolute Gasteiger partial charge is 0.493 e. The van der Waals surface area contributed by atoms with Crippen LogP contribution in [-0.4, -0.2) is 18.2 Å². The van der Waals surface area contributed by atoms with Crippen molar-refractivity contribution in [2.75, 3.05) is 12.8 Å². The third kappa shape index (κ3) is 2.36. The molecule has 2 aromatic rings. The van der Waals surface area contributed by atoms with E-state index >= 15 is 0 Å². The van der Waals surface area contributed by atoms with Crippen molar-refractivity contribution < 1.29 is 18.8 Å². The van der Waals surface area contributed by atoms with Crippen molar-refractivity contribution in [3.05, 3.63) is 36.0 Å². The lowest BCUT2D eigenvalue weighted by Gasteiger charge is -2.06. The molecule has 0 bridgehead atoms.